The second kappa shape index (κ2) is 13.8. The molecule has 0 aromatic heterocycles. The first-order valence-electron chi connectivity index (χ1n) is 13.5. The zero-order valence-electron chi connectivity index (χ0n) is 24.2. The van der Waals surface area contributed by atoms with Gasteiger partial charge in [-0.1, -0.05) is 74.0 Å². The van der Waals surface area contributed by atoms with Crippen LogP contribution in [-0.2, 0) is 21.4 Å². The van der Waals surface area contributed by atoms with Gasteiger partial charge in [-0.2, -0.15) is 5.10 Å². The van der Waals surface area contributed by atoms with Crippen LogP contribution < -0.4 is 19.2 Å². The van der Waals surface area contributed by atoms with Crippen LogP contribution in [0.3, 0.4) is 0 Å². The minimum absolute atomic E-state index is 0.0963. The summed E-state index contributed by atoms with van der Waals surface area (Å²) < 4.78 is 39.7. The van der Waals surface area contributed by atoms with Gasteiger partial charge in [0.05, 0.1) is 23.9 Å². The van der Waals surface area contributed by atoms with Gasteiger partial charge in [0.2, 0.25) is 0 Å². The molecule has 0 aliphatic heterocycles. The standard InChI is InChI=1S/C33H35N3O5S/c1-24(2)28-13-15-29(16-14-28)36(42(38,39)30-17-10-25(3)11-18-30)22-33(37)35-34-21-27-12-19-31(32(20-27)40-4)41-23-26-8-6-5-7-9-26/h5-21,24H,22-23H2,1-4H3,(H,35,37)/b34-21-. The number of nitrogens with zero attached hydrogens (tertiary/aromatic N) is 2. The van der Waals surface area contributed by atoms with E-state index in [0.717, 1.165) is 21.0 Å². The van der Waals surface area contributed by atoms with Gasteiger partial charge in [-0.25, -0.2) is 13.8 Å². The number of hydrazone groups is 1. The third-order valence-corrected chi connectivity index (χ3v) is 8.36. The minimum Gasteiger partial charge on any atom is -0.493 e. The van der Waals surface area contributed by atoms with Crippen LogP contribution in [0.25, 0.3) is 0 Å². The van der Waals surface area contributed by atoms with E-state index < -0.39 is 22.5 Å². The summed E-state index contributed by atoms with van der Waals surface area (Å²) in [6.45, 7) is 5.93. The van der Waals surface area contributed by atoms with Crippen LogP contribution in [0.15, 0.2) is 107 Å². The number of carbonyl (C=O) groups excluding carboxylic acids is 1. The van der Waals surface area contributed by atoms with E-state index in [1.165, 1.54) is 18.3 Å². The quantitative estimate of drug-likeness (QED) is 0.161. The Hall–Kier alpha value is -4.63. The molecular formula is C33H35N3O5S. The van der Waals surface area contributed by atoms with Gasteiger partial charge in [-0.05, 0) is 72.0 Å². The van der Waals surface area contributed by atoms with Crippen molar-refractivity contribution < 1.29 is 22.7 Å². The Bertz CT molecular complexity index is 1620. The molecule has 0 radical (unpaired) electrons. The summed E-state index contributed by atoms with van der Waals surface area (Å²) in [6, 6.07) is 28.8. The molecule has 8 nitrogen and oxygen atoms in total. The molecule has 0 heterocycles. The number of anilines is 1. The van der Waals surface area contributed by atoms with Gasteiger partial charge >= 0.3 is 0 Å². The Balaban J connectivity index is 1.47. The lowest BCUT2D eigenvalue weighted by atomic mass is 10.0. The summed E-state index contributed by atoms with van der Waals surface area (Å²) in [6.07, 6.45) is 1.46. The molecule has 0 saturated carbocycles. The maximum Gasteiger partial charge on any atom is 0.264 e. The van der Waals surface area contributed by atoms with Crippen molar-refractivity contribution in [2.24, 2.45) is 5.10 Å². The van der Waals surface area contributed by atoms with Crippen molar-refractivity contribution >= 4 is 27.8 Å². The van der Waals surface area contributed by atoms with Crippen molar-refractivity contribution in [3.8, 4) is 11.5 Å². The van der Waals surface area contributed by atoms with E-state index in [-0.39, 0.29) is 10.8 Å². The molecule has 4 aromatic rings. The van der Waals surface area contributed by atoms with Gasteiger partial charge in [-0.15, -0.1) is 0 Å². The molecule has 0 unspecified atom stereocenters. The molecule has 1 N–H and O–H groups in total. The summed E-state index contributed by atoms with van der Waals surface area (Å²) in [5.41, 5.74) is 6.51. The molecule has 0 aliphatic rings. The van der Waals surface area contributed by atoms with Crippen molar-refractivity contribution in [2.45, 2.75) is 38.2 Å². The Morgan fingerprint density at radius 2 is 1.62 bits per heavy atom. The van der Waals surface area contributed by atoms with E-state index in [9.17, 15) is 13.2 Å². The Labute approximate surface area is 247 Å². The van der Waals surface area contributed by atoms with E-state index in [1.807, 2.05) is 49.4 Å². The van der Waals surface area contributed by atoms with Gasteiger partial charge < -0.3 is 9.47 Å². The van der Waals surface area contributed by atoms with E-state index in [1.54, 1.807) is 49.6 Å². The van der Waals surface area contributed by atoms with Crippen LogP contribution >= 0.6 is 0 Å². The summed E-state index contributed by atoms with van der Waals surface area (Å²) in [5.74, 6) is 0.774. The lowest BCUT2D eigenvalue weighted by Gasteiger charge is -2.24. The van der Waals surface area contributed by atoms with Crippen LogP contribution in [0.5, 0.6) is 11.5 Å². The number of carbonyl (C=O) groups is 1. The Kier molecular flexibility index (Phi) is 9.98. The molecule has 4 rings (SSSR count). The number of rotatable bonds is 12. The van der Waals surface area contributed by atoms with Gasteiger partial charge in [0.25, 0.3) is 15.9 Å². The average Bonchev–Trinajstić information content (AvgIpc) is 2.99. The second-order valence-electron chi connectivity index (χ2n) is 10.0. The first kappa shape index (κ1) is 30.3. The van der Waals surface area contributed by atoms with Gasteiger partial charge in [0.1, 0.15) is 13.2 Å². The topological polar surface area (TPSA) is 97.3 Å². The SMILES string of the molecule is COc1cc(/C=N\NC(=O)CN(c2ccc(C(C)C)cc2)S(=O)(=O)c2ccc(C)cc2)ccc1OCc1ccccc1. The van der Waals surface area contributed by atoms with Crippen molar-refractivity contribution in [2.75, 3.05) is 18.0 Å². The number of amides is 1. The molecule has 42 heavy (non-hydrogen) atoms. The summed E-state index contributed by atoms with van der Waals surface area (Å²) in [4.78, 5) is 13.0. The van der Waals surface area contributed by atoms with Gasteiger partial charge in [0, 0.05) is 0 Å². The third kappa shape index (κ3) is 7.76. The number of aryl methyl sites for hydroxylation is 1. The molecular weight excluding hydrogens is 550 g/mol. The first-order valence-corrected chi connectivity index (χ1v) is 15.0. The largest absolute Gasteiger partial charge is 0.493 e. The number of methoxy groups -OCH3 is 1. The highest BCUT2D eigenvalue weighted by atomic mass is 32.2. The van der Waals surface area contributed by atoms with Gasteiger partial charge in [-0.3, -0.25) is 9.10 Å². The van der Waals surface area contributed by atoms with E-state index in [0.29, 0.717) is 29.4 Å². The predicted molar refractivity (Wildman–Crippen MR) is 166 cm³/mol. The maximum atomic E-state index is 13.6. The average molecular weight is 586 g/mol. The molecule has 0 fully saturated rings. The van der Waals surface area contributed by atoms with Gasteiger partial charge in [0.15, 0.2) is 11.5 Å². The van der Waals surface area contributed by atoms with Crippen LogP contribution in [0.4, 0.5) is 5.69 Å². The minimum atomic E-state index is -4.03. The van der Waals surface area contributed by atoms with Crippen molar-refractivity contribution in [3.05, 3.63) is 119 Å². The zero-order chi connectivity index (χ0) is 30.1. The van der Waals surface area contributed by atoms with Crippen molar-refractivity contribution in [3.63, 3.8) is 0 Å². The lowest BCUT2D eigenvalue weighted by molar-refractivity contribution is -0.119. The Morgan fingerprint density at radius 1 is 0.929 bits per heavy atom. The van der Waals surface area contributed by atoms with E-state index in [2.05, 4.69) is 24.4 Å². The highest BCUT2D eigenvalue weighted by molar-refractivity contribution is 7.92. The molecule has 1 amide bonds. The molecule has 0 spiro atoms. The van der Waals surface area contributed by atoms with Crippen LogP contribution in [0.1, 0.15) is 42.0 Å². The summed E-state index contributed by atoms with van der Waals surface area (Å²) >= 11 is 0. The Morgan fingerprint density at radius 3 is 2.26 bits per heavy atom. The van der Waals surface area contributed by atoms with Crippen LogP contribution in [0, 0.1) is 6.92 Å². The number of nitrogens with one attached hydrogen (secondary N) is 1. The molecule has 0 bridgehead atoms. The summed E-state index contributed by atoms with van der Waals surface area (Å²) in [7, 11) is -2.48. The third-order valence-electron chi connectivity index (χ3n) is 6.57. The smallest absolute Gasteiger partial charge is 0.264 e. The fourth-order valence-electron chi connectivity index (χ4n) is 4.14. The maximum absolute atomic E-state index is 13.6. The first-order chi connectivity index (χ1) is 20.2. The van der Waals surface area contributed by atoms with E-state index >= 15 is 0 Å². The summed E-state index contributed by atoms with van der Waals surface area (Å²) in [5, 5.41) is 4.05. The fraction of sp³-hybridized carbons (Fsp3) is 0.212. The predicted octanol–water partition coefficient (Wildman–Crippen LogP) is 6.05. The number of benzene rings is 4. The molecule has 0 aliphatic carbocycles. The monoisotopic (exact) mass is 585 g/mol. The molecule has 0 atom stereocenters. The molecule has 218 valence electrons. The number of sulfonamides is 1. The molecule has 0 saturated heterocycles. The van der Waals surface area contributed by atoms with Crippen molar-refractivity contribution in [1.29, 1.82) is 0 Å². The second-order valence-corrected chi connectivity index (χ2v) is 11.9. The molecule has 9 heteroatoms. The van der Waals surface area contributed by atoms with Crippen molar-refractivity contribution in [1.82, 2.24) is 5.43 Å². The van der Waals surface area contributed by atoms with Crippen LogP contribution in [0.2, 0.25) is 0 Å². The zero-order valence-corrected chi connectivity index (χ0v) is 25.0. The molecule has 4 aromatic carbocycles. The van der Waals surface area contributed by atoms with E-state index in [4.69, 9.17) is 9.47 Å². The number of hydrogen-bond acceptors (Lipinski definition) is 6. The fourth-order valence-corrected chi connectivity index (χ4v) is 5.56. The highest BCUT2D eigenvalue weighted by Gasteiger charge is 2.27. The highest BCUT2D eigenvalue weighted by Crippen LogP contribution is 2.29. The van der Waals surface area contributed by atoms with Crippen LogP contribution in [-0.4, -0.2) is 34.2 Å². The normalized spacial score (nSPS) is 11.5. The number of ether oxygens (including phenoxy) is 2. The number of hydrogen-bond donors (Lipinski definition) is 1. The lowest BCUT2D eigenvalue weighted by Crippen LogP contribution is -2.39.